The predicted molar refractivity (Wildman–Crippen MR) is 307 cm³/mol. The number of carbonyl (C=O) groups excluding carboxylic acids is 2. The maximum absolute atomic E-state index is 13.5. The lowest BCUT2D eigenvalue weighted by Gasteiger charge is -2.30. The van der Waals surface area contributed by atoms with Gasteiger partial charge in [0.15, 0.2) is 0 Å². The van der Waals surface area contributed by atoms with Crippen LogP contribution < -0.4 is 10.2 Å². The Kier molecular flexibility index (Phi) is 50.9. The number of hydrogen-bond acceptors (Lipinski definition) is 7. The summed E-state index contributed by atoms with van der Waals surface area (Å²) in [5, 5.41) is 3.02. The molecule has 0 saturated heterocycles. The van der Waals surface area contributed by atoms with Crippen LogP contribution in [0.5, 0.6) is 0 Å². The minimum absolute atomic E-state index is 0.0245. The third kappa shape index (κ3) is 52.8. The summed E-state index contributed by atoms with van der Waals surface area (Å²) in [6.45, 7) is 6.81. The molecule has 0 fully saturated rings. The first kappa shape index (κ1) is 70.0. The molecule has 0 aliphatic rings. The zero-order chi connectivity index (χ0) is 52.9. The Morgan fingerprint density at radius 2 is 0.847 bits per heavy atom. The Hall–Kier alpha value is -2.03. The molecule has 0 saturated carbocycles. The minimum atomic E-state index is -4.70. The Bertz CT molecular complexity index is 1380. The quantitative estimate of drug-likeness (QED) is 0.0212. The highest BCUT2D eigenvalue weighted by Gasteiger charge is 2.27. The number of amides is 1. The van der Waals surface area contributed by atoms with Crippen molar-refractivity contribution in [3.63, 3.8) is 0 Å². The van der Waals surface area contributed by atoms with Crippen LogP contribution in [0, 0.1) is 0 Å². The zero-order valence-electron chi connectivity index (χ0n) is 48.1. The number of nitrogens with one attached hydrogen (secondary N) is 1. The van der Waals surface area contributed by atoms with Gasteiger partial charge >= 0.3 is 5.97 Å². The molecule has 9 nitrogen and oxygen atoms in total. The number of likely N-dealkylation sites (N-methyl/N-ethyl adjacent to an activating group) is 1. The molecule has 3 atom stereocenters. The molecule has 0 bridgehead atoms. The molecule has 72 heavy (non-hydrogen) atoms. The first-order chi connectivity index (χ1) is 34.9. The lowest BCUT2D eigenvalue weighted by molar-refractivity contribution is -0.870. The number of unbranched alkanes of at least 4 members (excludes halogenated alkanes) is 33. The first-order valence-electron chi connectivity index (χ1n) is 30.4. The van der Waals surface area contributed by atoms with Gasteiger partial charge in [0, 0.05) is 12.8 Å². The number of phosphoric acid groups is 1. The van der Waals surface area contributed by atoms with Crippen LogP contribution in [0.25, 0.3) is 0 Å². The Morgan fingerprint density at radius 3 is 1.31 bits per heavy atom. The van der Waals surface area contributed by atoms with E-state index >= 15 is 0 Å². The van der Waals surface area contributed by atoms with Crippen molar-refractivity contribution in [2.45, 2.75) is 296 Å². The van der Waals surface area contributed by atoms with Crippen LogP contribution in [0.15, 0.2) is 48.6 Å². The molecule has 0 radical (unpaired) electrons. The number of ether oxygens (including phenoxy) is 1. The van der Waals surface area contributed by atoms with Crippen LogP contribution in [0.1, 0.15) is 284 Å². The highest BCUT2D eigenvalue weighted by Crippen LogP contribution is 2.38. The second kappa shape index (κ2) is 52.4. The highest BCUT2D eigenvalue weighted by atomic mass is 31.2. The molecule has 0 aromatic heterocycles. The van der Waals surface area contributed by atoms with Crippen LogP contribution in [-0.2, 0) is 27.9 Å². The van der Waals surface area contributed by atoms with Gasteiger partial charge in [0.25, 0.3) is 7.82 Å². The van der Waals surface area contributed by atoms with Crippen LogP contribution in [0.3, 0.4) is 0 Å². The lowest BCUT2D eigenvalue weighted by Crippen LogP contribution is -2.47. The van der Waals surface area contributed by atoms with Gasteiger partial charge in [0.1, 0.15) is 19.3 Å². The van der Waals surface area contributed by atoms with Gasteiger partial charge in [-0.05, 0) is 89.5 Å². The second-order valence-electron chi connectivity index (χ2n) is 21.8. The van der Waals surface area contributed by atoms with Crippen molar-refractivity contribution in [3.8, 4) is 0 Å². The normalized spacial score (nSPS) is 14.0. The summed E-state index contributed by atoms with van der Waals surface area (Å²) in [6, 6.07) is -0.893. The van der Waals surface area contributed by atoms with E-state index in [9.17, 15) is 19.0 Å². The van der Waals surface area contributed by atoms with Gasteiger partial charge in [-0.2, -0.15) is 0 Å². The molecule has 0 aliphatic heterocycles. The van der Waals surface area contributed by atoms with Crippen molar-refractivity contribution in [2.24, 2.45) is 0 Å². The number of carbonyl (C=O) groups is 2. The molecular weight excluding hydrogens is 916 g/mol. The van der Waals surface area contributed by atoms with E-state index in [4.69, 9.17) is 13.8 Å². The molecule has 0 rings (SSSR count). The molecule has 0 aromatic carbocycles. The Morgan fingerprint density at radius 1 is 0.486 bits per heavy atom. The highest BCUT2D eigenvalue weighted by molar-refractivity contribution is 7.45. The molecule has 0 spiro atoms. The molecule has 1 N–H and O–H groups in total. The SMILES string of the molecule is CCCCC/C=C\C/C=C\CCCCCCCCCCCCCC(=O)NC(COP(=O)([O-])OCC[N+](C)(C)C)C(/C=C\CCCCCCCCCCC)OC(=O)CCCCC/C=C\CCCCCCCCC. The van der Waals surface area contributed by atoms with E-state index in [-0.39, 0.29) is 24.9 Å². The predicted octanol–water partition coefficient (Wildman–Crippen LogP) is 17.9. The van der Waals surface area contributed by atoms with Crippen LogP contribution in [0.4, 0.5) is 0 Å². The monoisotopic (exact) mass is 1030 g/mol. The third-order valence-electron chi connectivity index (χ3n) is 13.5. The van der Waals surface area contributed by atoms with E-state index in [0.717, 1.165) is 70.6 Å². The number of phosphoric ester groups is 1. The molecule has 0 aliphatic carbocycles. The van der Waals surface area contributed by atoms with Crippen LogP contribution in [-0.4, -0.2) is 69.4 Å². The number of rotatable bonds is 55. The van der Waals surface area contributed by atoms with Gasteiger partial charge in [0.2, 0.25) is 5.91 Å². The van der Waals surface area contributed by atoms with E-state index < -0.39 is 26.6 Å². The standard InChI is InChI=1S/C62H117N2O7P/c1-7-10-13-16-19-22-25-27-29-30-31-32-33-34-35-36-39-42-45-48-51-54-61(65)63-59(58-70-72(67,68)69-57-56-64(4,5)6)60(53-50-47-44-41-38-24-21-18-15-12-9-3)71-62(66)55-52-49-46-43-40-37-28-26-23-20-17-14-11-8-2/h19,22,27,29,37,40,50,53,59-60H,7-18,20-21,23-26,28,30-36,38-39,41-49,51-52,54-58H2,1-6H3,(H-,63,65,67,68)/b22-19-,29-27-,40-37-,53-50-. The van der Waals surface area contributed by atoms with Crippen LogP contribution in [0.2, 0.25) is 0 Å². The van der Waals surface area contributed by atoms with Crippen molar-refractivity contribution in [3.05, 3.63) is 48.6 Å². The van der Waals surface area contributed by atoms with Gasteiger partial charge in [-0.3, -0.25) is 14.2 Å². The Labute approximate surface area is 446 Å². The summed E-state index contributed by atoms with van der Waals surface area (Å²) in [7, 11) is 1.18. The summed E-state index contributed by atoms with van der Waals surface area (Å²) in [5.74, 6) is -0.556. The van der Waals surface area contributed by atoms with E-state index in [2.05, 4.69) is 62.5 Å². The van der Waals surface area contributed by atoms with Crippen LogP contribution >= 0.6 is 7.82 Å². The van der Waals surface area contributed by atoms with Gasteiger partial charge in [-0.15, -0.1) is 0 Å². The number of allylic oxidation sites excluding steroid dienone is 7. The Balaban J connectivity index is 5.21. The van der Waals surface area contributed by atoms with Crippen molar-refractivity contribution < 1.29 is 37.3 Å². The topological polar surface area (TPSA) is 114 Å². The fraction of sp³-hybridized carbons (Fsp3) is 0.839. The third-order valence-corrected chi connectivity index (χ3v) is 14.4. The second-order valence-corrected chi connectivity index (χ2v) is 23.3. The molecule has 0 aromatic rings. The number of esters is 1. The van der Waals surface area contributed by atoms with Gasteiger partial charge in [0.05, 0.1) is 33.8 Å². The number of nitrogens with zero attached hydrogens (tertiary/aromatic N) is 1. The summed E-state index contributed by atoms with van der Waals surface area (Å²) in [4.78, 5) is 39.9. The maximum Gasteiger partial charge on any atom is 0.306 e. The minimum Gasteiger partial charge on any atom is -0.756 e. The molecular formula is C62H117N2O7P. The molecule has 0 heterocycles. The zero-order valence-corrected chi connectivity index (χ0v) is 49.0. The lowest BCUT2D eigenvalue weighted by atomic mass is 10.0. The number of quaternary nitrogens is 1. The van der Waals surface area contributed by atoms with Crippen molar-refractivity contribution >= 4 is 19.7 Å². The van der Waals surface area contributed by atoms with E-state index in [0.29, 0.717) is 23.9 Å². The maximum atomic E-state index is 13.5. The van der Waals surface area contributed by atoms with E-state index in [1.54, 1.807) is 0 Å². The van der Waals surface area contributed by atoms with E-state index in [1.165, 1.54) is 173 Å². The fourth-order valence-corrected chi connectivity index (χ4v) is 9.45. The summed E-state index contributed by atoms with van der Waals surface area (Å²) < 4.78 is 30.2. The first-order valence-corrected chi connectivity index (χ1v) is 31.9. The molecule has 3 unspecified atom stereocenters. The smallest absolute Gasteiger partial charge is 0.306 e. The van der Waals surface area contributed by atoms with Crippen molar-refractivity contribution in [2.75, 3.05) is 40.9 Å². The van der Waals surface area contributed by atoms with Gasteiger partial charge < -0.3 is 28.5 Å². The molecule has 10 heteroatoms. The average molecular weight is 1030 g/mol. The number of hydrogen-bond donors (Lipinski definition) is 1. The van der Waals surface area contributed by atoms with E-state index in [1.807, 2.05) is 33.3 Å². The summed E-state index contributed by atoms with van der Waals surface area (Å²) in [6.07, 6.45) is 63.6. The van der Waals surface area contributed by atoms with Gasteiger partial charge in [-0.25, -0.2) is 0 Å². The van der Waals surface area contributed by atoms with Crippen molar-refractivity contribution in [1.82, 2.24) is 5.32 Å². The average Bonchev–Trinajstić information content (AvgIpc) is 3.34. The fourth-order valence-electron chi connectivity index (χ4n) is 8.72. The van der Waals surface area contributed by atoms with Gasteiger partial charge in [-0.1, -0.05) is 230 Å². The van der Waals surface area contributed by atoms with Crippen molar-refractivity contribution in [1.29, 1.82) is 0 Å². The largest absolute Gasteiger partial charge is 0.756 e. The molecule has 422 valence electrons. The summed E-state index contributed by atoms with van der Waals surface area (Å²) >= 11 is 0. The molecule has 1 amide bonds. The summed E-state index contributed by atoms with van der Waals surface area (Å²) in [5.41, 5.74) is 0.